The second-order valence-electron chi connectivity index (χ2n) is 3.47. The Balaban J connectivity index is 2.90. The van der Waals surface area contributed by atoms with Gasteiger partial charge in [-0.25, -0.2) is 0 Å². The zero-order valence-electron chi connectivity index (χ0n) is 9.08. The van der Waals surface area contributed by atoms with Gasteiger partial charge in [-0.3, -0.25) is 14.9 Å². The number of aromatic hydroxyl groups is 1. The molecule has 3 N–H and O–H groups in total. The second kappa shape index (κ2) is 5.26. The Morgan fingerprint density at radius 2 is 2.24 bits per heavy atom. The highest BCUT2D eigenvalue weighted by atomic mass is 16.6. The van der Waals surface area contributed by atoms with Crippen molar-refractivity contribution >= 4 is 11.7 Å². The van der Waals surface area contributed by atoms with Gasteiger partial charge in [0.2, 0.25) is 0 Å². The van der Waals surface area contributed by atoms with Crippen molar-refractivity contribution in [2.75, 3.05) is 0 Å². The molecule has 1 aromatic carbocycles. The largest absolute Gasteiger partial charge is 0.507 e. The van der Waals surface area contributed by atoms with Gasteiger partial charge in [0, 0.05) is 12.6 Å². The summed E-state index contributed by atoms with van der Waals surface area (Å²) in [6.45, 7) is 1.32. The van der Waals surface area contributed by atoms with Crippen molar-refractivity contribution in [2.45, 2.75) is 19.5 Å². The zero-order valence-corrected chi connectivity index (χ0v) is 9.08. The molecule has 0 amide bonds. The number of rotatable bonds is 5. The van der Waals surface area contributed by atoms with Gasteiger partial charge >= 0.3 is 5.97 Å². The molecule has 7 nitrogen and oxygen atoms in total. The molecule has 0 heterocycles. The maximum absolute atomic E-state index is 10.7. The Labute approximate surface area is 96.8 Å². The molecule has 17 heavy (non-hydrogen) atoms. The summed E-state index contributed by atoms with van der Waals surface area (Å²) in [6, 6.07) is 3.07. The van der Waals surface area contributed by atoms with Gasteiger partial charge in [-0.2, -0.15) is 0 Å². The molecule has 0 spiro atoms. The van der Waals surface area contributed by atoms with Crippen molar-refractivity contribution in [1.29, 1.82) is 0 Å². The fourth-order valence-electron chi connectivity index (χ4n) is 1.26. The lowest BCUT2D eigenvalue weighted by Gasteiger charge is -2.10. The molecule has 1 rings (SSSR count). The highest BCUT2D eigenvalue weighted by Crippen LogP contribution is 2.26. The van der Waals surface area contributed by atoms with Crippen molar-refractivity contribution in [3.8, 4) is 5.75 Å². The first-order valence-corrected chi connectivity index (χ1v) is 4.85. The van der Waals surface area contributed by atoms with E-state index in [1.807, 2.05) is 0 Å². The maximum Gasteiger partial charge on any atom is 0.320 e. The molecular formula is C10H12N2O5. The Bertz CT molecular complexity index is 446. The summed E-state index contributed by atoms with van der Waals surface area (Å²) in [7, 11) is 0. The lowest BCUT2D eigenvalue weighted by molar-refractivity contribution is -0.385. The minimum Gasteiger partial charge on any atom is -0.507 e. The number of nitro benzene ring substituents is 1. The van der Waals surface area contributed by atoms with Gasteiger partial charge in [0.05, 0.1) is 10.5 Å². The van der Waals surface area contributed by atoms with Crippen LogP contribution in [0.15, 0.2) is 18.2 Å². The van der Waals surface area contributed by atoms with E-state index in [4.69, 9.17) is 5.11 Å². The first kappa shape index (κ1) is 12.9. The fourth-order valence-corrected chi connectivity index (χ4v) is 1.26. The van der Waals surface area contributed by atoms with E-state index >= 15 is 0 Å². The molecule has 0 bridgehead atoms. The monoisotopic (exact) mass is 240 g/mol. The van der Waals surface area contributed by atoms with Crippen LogP contribution in [0.5, 0.6) is 5.75 Å². The average Bonchev–Trinajstić information content (AvgIpc) is 2.26. The molecule has 0 unspecified atom stereocenters. The predicted octanol–water partition coefficient (Wildman–Crippen LogP) is 0.863. The van der Waals surface area contributed by atoms with E-state index in [0.717, 1.165) is 0 Å². The molecule has 0 aliphatic heterocycles. The van der Waals surface area contributed by atoms with Gasteiger partial charge in [0.15, 0.2) is 0 Å². The van der Waals surface area contributed by atoms with Crippen LogP contribution in [0, 0.1) is 10.1 Å². The fraction of sp³-hybridized carbons (Fsp3) is 0.300. The highest BCUT2D eigenvalue weighted by Gasteiger charge is 2.18. The number of carboxylic acids is 1. The standard InChI is InChI=1S/C10H12N2O5/c1-6(10(14)15)11-5-7-8(12(16)17)3-2-4-9(7)13/h2-4,6,11,13H,5H2,1H3,(H,14,15)/t6-/m0/s1. The number of hydrogen-bond donors (Lipinski definition) is 3. The normalized spacial score (nSPS) is 12.1. The second-order valence-corrected chi connectivity index (χ2v) is 3.47. The summed E-state index contributed by atoms with van der Waals surface area (Å²) < 4.78 is 0. The maximum atomic E-state index is 10.7. The Morgan fingerprint density at radius 3 is 2.76 bits per heavy atom. The summed E-state index contributed by atoms with van der Waals surface area (Å²) in [5, 5.41) is 31.4. The number of nitrogens with zero attached hydrogens (tertiary/aromatic N) is 1. The molecule has 0 radical (unpaired) electrons. The van der Waals surface area contributed by atoms with Crippen LogP contribution in [-0.4, -0.2) is 27.1 Å². The lowest BCUT2D eigenvalue weighted by Crippen LogP contribution is -2.33. The molecule has 0 aromatic heterocycles. The van der Waals surface area contributed by atoms with Crippen molar-refractivity contribution in [1.82, 2.24) is 5.32 Å². The van der Waals surface area contributed by atoms with Crippen LogP contribution < -0.4 is 5.32 Å². The SMILES string of the molecule is C[C@H](NCc1c(O)cccc1[N+](=O)[O-])C(=O)O. The quantitative estimate of drug-likeness (QED) is 0.519. The molecule has 1 atom stereocenters. The lowest BCUT2D eigenvalue weighted by atomic mass is 10.1. The minimum atomic E-state index is -1.07. The summed E-state index contributed by atoms with van der Waals surface area (Å²) in [5.41, 5.74) is -0.166. The van der Waals surface area contributed by atoms with Crippen LogP contribution in [0.2, 0.25) is 0 Å². The molecule has 0 saturated heterocycles. The van der Waals surface area contributed by atoms with Crippen LogP contribution in [0.3, 0.4) is 0 Å². The predicted molar refractivity (Wildman–Crippen MR) is 58.7 cm³/mol. The van der Waals surface area contributed by atoms with Gasteiger partial charge in [-0.05, 0) is 13.0 Å². The van der Waals surface area contributed by atoms with E-state index in [-0.39, 0.29) is 23.5 Å². The number of phenolic OH excluding ortho intramolecular Hbond substituents is 1. The van der Waals surface area contributed by atoms with Crippen molar-refractivity contribution < 1.29 is 19.9 Å². The topological polar surface area (TPSA) is 113 Å². The first-order chi connectivity index (χ1) is 7.93. The molecular weight excluding hydrogens is 228 g/mol. The Hall–Kier alpha value is -2.15. The minimum absolute atomic E-state index is 0.0746. The Kier molecular flexibility index (Phi) is 4.00. The summed E-state index contributed by atoms with van der Waals surface area (Å²) in [4.78, 5) is 20.6. The molecule has 0 saturated carbocycles. The van der Waals surface area contributed by atoms with Crippen LogP contribution in [-0.2, 0) is 11.3 Å². The molecule has 0 aliphatic rings. The van der Waals surface area contributed by atoms with Gasteiger partial charge in [0.1, 0.15) is 11.8 Å². The number of carboxylic acid groups (broad SMARTS) is 1. The van der Waals surface area contributed by atoms with Gasteiger partial charge in [-0.1, -0.05) is 6.07 Å². The molecule has 92 valence electrons. The molecule has 0 fully saturated rings. The van der Waals surface area contributed by atoms with Gasteiger partial charge < -0.3 is 15.5 Å². The summed E-state index contributed by atoms with van der Waals surface area (Å²) in [5.74, 6) is -1.30. The van der Waals surface area contributed by atoms with Crippen LogP contribution in [0.25, 0.3) is 0 Å². The third-order valence-corrected chi connectivity index (χ3v) is 2.28. The van der Waals surface area contributed by atoms with Crippen molar-refractivity contribution in [3.05, 3.63) is 33.9 Å². The summed E-state index contributed by atoms with van der Waals surface area (Å²) >= 11 is 0. The number of phenols is 1. The van der Waals surface area contributed by atoms with E-state index in [0.29, 0.717) is 0 Å². The van der Waals surface area contributed by atoms with E-state index in [1.54, 1.807) is 0 Å². The smallest absolute Gasteiger partial charge is 0.320 e. The first-order valence-electron chi connectivity index (χ1n) is 4.85. The van der Waals surface area contributed by atoms with Gasteiger partial charge in [-0.15, -0.1) is 0 Å². The number of benzene rings is 1. The third kappa shape index (κ3) is 3.15. The number of nitro groups is 1. The number of carbonyl (C=O) groups is 1. The third-order valence-electron chi connectivity index (χ3n) is 2.28. The van der Waals surface area contributed by atoms with Crippen molar-refractivity contribution in [3.63, 3.8) is 0 Å². The summed E-state index contributed by atoms with van der Waals surface area (Å²) in [6.07, 6.45) is 0. The van der Waals surface area contributed by atoms with E-state index in [1.165, 1.54) is 25.1 Å². The van der Waals surface area contributed by atoms with E-state index in [2.05, 4.69) is 5.32 Å². The molecule has 0 aliphatic carbocycles. The number of nitrogens with one attached hydrogen (secondary N) is 1. The van der Waals surface area contributed by atoms with E-state index < -0.39 is 16.9 Å². The number of hydrogen-bond acceptors (Lipinski definition) is 5. The highest BCUT2D eigenvalue weighted by molar-refractivity contribution is 5.72. The van der Waals surface area contributed by atoms with Crippen LogP contribution in [0.1, 0.15) is 12.5 Å². The van der Waals surface area contributed by atoms with Crippen LogP contribution in [0.4, 0.5) is 5.69 Å². The zero-order chi connectivity index (χ0) is 13.0. The van der Waals surface area contributed by atoms with Crippen molar-refractivity contribution in [2.24, 2.45) is 0 Å². The van der Waals surface area contributed by atoms with E-state index in [9.17, 15) is 20.0 Å². The number of aliphatic carboxylic acids is 1. The molecule has 7 heteroatoms. The Morgan fingerprint density at radius 1 is 1.59 bits per heavy atom. The van der Waals surface area contributed by atoms with Crippen LogP contribution >= 0.6 is 0 Å². The average molecular weight is 240 g/mol. The molecule has 1 aromatic rings. The van der Waals surface area contributed by atoms with Gasteiger partial charge in [0.25, 0.3) is 5.69 Å².